The standard InChI is InChI=1S/C29H34N4O6/c1-37-16-22-19(25(35)15-34)10-24-28-21(14-33(24)29(22)36)20(13-30-6-5-9-32-7-3-2-4-8-32)18-11-26-27(39-17-38-26)12-23(18)31-28/h10-12,15,25,30,35H,2-9,13-14,16-17H2,1H3. The molecule has 6 rings (SSSR count). The summed E-state index contributed by atoms with van der Waals surface area (Å²) in [6.07, 6.45) is 3.97. The van der Waals surface area contributed by atoms with E-state index in [1.165, 1.54) is 39.5 Å². The third-order valence-electron chi connectivity index (χ3n) is 8.01. The number of methoxy groups -OCH3 is 1. The van der Waals surface area contributed by atoms with Crippen molar-refractivity contribution in [2.75, 3.05) is 40.1 Å². The van der Waals surface area contributed by atoms with Crippen molar-refractivity contribution in [3.8, 4) is 22.9 Å². The first-order chi connectivity index (χ1) is 19.1. The number of likely N-dealkylation sites (tertiary alicyclic amines) is 1. The van der Waals surface area contributed by atoms with Crippen molar-refractivity contribution in [2.45, 2.75) is 51.5 Å². The zero-order valence-electron chi connectivity index (χ0n) is 22.2. The Morgan fingerprint density at radius 1 is 1.15 bits per heavy atom. The molecule has 1 unspecified atom stereocenters. The molecule has 3 aliphatic rings. The second kappa shape index (κ2) is 11.1. The molecule has 1 fully saturated rings. The predicted molar refractivity (Wildman–Crippen MR) is 145 cm³/mol. The molecule has 0 aliphatic carbocycles. The number of nitrogens with one attached hydrogen (secondary N) is 1. The Morgan fingerprint density at radius 3 is 2.72 bits per heavy atom. The fourth-order valence-corrected chi connectivity index (χ4v) is 6.01. The van der Waals surface area contributed by atoms with Crippen molar-refractivity contribution < 1.29 is 24.1 Å². The zero-order chi connectivity index (χ0) is 26.9. The van der Waals surface area contributed by atoms with Gasteiger partial charge >= 0.3 is 0 Å². The molecule has 0 spiro atoms. The van der Waals surface area contributed by atoms with Crippen LogP contribution in [0.2, 0.25) is 0 Å². The summed E-state index contributed by atoms with van der Waals surface area (Å²) >= 11 is 0. The lowest BCUT2D eigenvalue weighted by Gasteiger charge is -2.26. The van der Waals surface area contributed by atoms with Gasteiger partial charge in [-0.1, -0.05) is 6.42 Å². The number of aldehydes is 1. The van der Waals surface area contributed by atoms with Crippen LogP contribution in [-0.2, 0) is 29.2 Å². The molecule has 0 radical (unpaired) electrons. The van der Waals surface area contributed by atoms with Crippen molar-refractivity contribution in [3.63, 3.8) is 0 Å². The number of hydrogen-bond donors (Lipinski definition) is 2. The Kier molecular flexibility index (Phi) is 7.35. The third-order valence-corrected chi connectivity index (χ3v) is 8.01. The summed E-state index contributed by atoms with van der Waals surface area (Å²) < 4.78 is 18.2. The number of pyridine rings is 2. The first-order valence-electron chi connectivity index (χ1n) is 13.7. The largest absolute Gasteiger partial charge is 0.454 e. The Morgan fingerprint density at radius 2 is 1.95 bits per heavy atom. The highest BCUT2D eigenvalue weighted by Crippen LogP contribution is 2.41. The number of piperidine rings is 1. The van der Waals surface area contributed by atoms with E-state index in [9.17, 15) is 14.7 Å². The molecule has 1 atom stereocenters. The van der Waals surface area contributed by atoms with Gasteiger partial charge in [0, 0.05) is 41.8 Å². The van der Waals surface area contributed by atoms with Crippen molar-refractivity contribution in [2.24, 2.45) is 0 Å². The Labute approximate surface area is 226 Å². The number of carbonyl (C=O) groups is 1. The van der Waals surface area contributed by atoms with Gasteiger partial charge in [0.2, 0.25) is 6.79 Å². The molecule has 39 heavy (non-hydrogen) atoms. The topological polar surface area (TPSA) is 115 Å². The molecular formula is C29H34N4O6. The third kappa shape index (κ3) is 4.82. The first kappa shape index (κ1) is 25.9. The van der Waals surface area contributed by atoms with Gasteiger partial charge < -0.3 is 38.9 Å². The molecule has 3 aromatic rings. The van der Waals surface area contributed by atoms with Crippen LogP contribution in [0, 0.1) is 0 Å². The lowest BCUT2D eigenvalue weighted by Crippen LogP contribution is -2.32. The van der Waals surface area contributed by atoms with Crippen molar-refractivity contribution in [1.82, 2.24) is 19.8 Å². The second-order valence-electron chi connectivity index (χ2n) is 10.4. The summed E-state index contributed by atoms with van der Waals surface area (Å²) in [4.78, 5) is 32.5. The zero-order valence-corrected chi connectivity index (χ0v) is 22.2. The van der Waals surface area contributed by atoms with Crippen LogP contribution in [0.3, 0.4) is 0 Å². The van der Waals surface area contributed by atoms with E-state index in [1.54, 1.807) is 10.6 Å². The van der Waals surface area contributed by atoms with E-state index in [1.807, 2.05) is 12.1 Å². The van der Waals surface area contributed by atoms with Crippen LogP contribution in [0.4, 0.5) is 0 Å². The van der Waals surface area contributed by atoms with E-state index >= 15 is 0 Å². The fraction of sp³-hybridized carbons (Fsp3) is 0.483. The summed E-state index contributed by atoms with van der Waals surface area (Å²) in [6.45, 7) is 5.47. The van der Waals surface area contributed by atoms with E-state index < -0.39 is 6.10 Å². The highest BCUT2D eigenvalue weighted by Gasteiger charge is 2.30. The maximum Gasteiger partial charge on any atom is 0.257 e. The molecule has 0 bridgehead atoms. The lowest BCUT2D eigenvalue weighted by molar-refractivity contribution is -0.115. The van der Waals surface area contributed by atoms with Gasteiger partial charge in [-0.3, -0.25) is 4.79 Å². The Balaban J connectivity index is 1.37. The minimum absolute atomic E-state index is 0.00206. The number of ether oxygens (including phenoxy) is 3. The smallest absolute Gasteiger partial charge is 0.257 e. The van der Waals surface area contributed by atoms with Crippen LogP contribution in [0.25, 0.3) is 22.3 Å². The number of fused-ring (bicyclic) bond motifs is 5. The number of aliphatic hydroxyl groups is 1. The lowest BCUT2D eigenvalue weighted by atomic mass is 9.99. The summed E-state index contributed by atoms with van der Waals surface area (Å²) in [7, 11) is 1.48. The molecule has 10 nitrogen and oxygen atoms in total. The monoisotopic (exact) mass is 534 g/mol. The first-order valence-corrected chi connectivity index (χ1v) is 13.7. The molecule has 206 valence electrons. The molecule has 5 heterocycles. The minimum Gasteiger partial charge on any atom is -0.454 e. The maximum absolute atomic E-state index is 13.5. The summed E-state index contributed by atoms with van der Waals surface area (Å²) in [5.41, 5.74) is 4.23. The predicted octanol–water partition coefficient (Wildman–Crippen LogP) is 2.50. The van der Waals surface area contributed by atoms with Crippen LogP contribution < -0.4 is 20.3 Å². The highest BCUT2D eigenvalue weighted by molar-refractivity contribution is 5.90. The maximum atomic E-state index is 13.5. The van der Waals surface area contributed by atoms with E-state index in [4.69, 9.17) is 19.2 Å². The van der Waals surface area contributed by atoms with Gasteiger partial charge in [0.05, 0.1) is 30.1 Å². The summed E-state index contributed by atoms with van der Waals surface area (Å²) in [5, 5.41) is 15.0. The molecule has 0 saturated carbocycles. The van der Waals surface area contributed by atoms with Crippen molar-refractivity contribution in [1.29, 1.82) is 0 Å². The normalized spacial score (nSPS) is 16.9. The molecule has 3 aliphatic heterocycles. The van der Waals surface area contributed by atoms with Gasteiger partial charge in [-0.2, -0.15) is 0 Å². The van der Waals surface area contributed by atoms with Gasteiger partial charge in [0.25, 0.3) is 5.56 Å². The van der Waals surface area contributed by atoms with Gasteiger partial charge in [0.15, 0.2) is 17.8 Å². The fourth-order valence-electron chi connectivity index (χ4n) is 6.01. The molecule has 1 saturated heterocycles. The van der Waals surface area contributed by atoms with Crippen LogP contribution in [-0.4, -0.2) is 65.9 Å². The molecule has 1 aromatic carbocycles. The second-order valence-corrected chi connectivity index (χ2v) is 10.4. The molecule has 0 amide bonds. The highest BCUT2D eigenvalue weighted by atomic mass is 16.7. The number of aliphatic hydroxyl groups excluding tert-OH is 1. The van der Waals surface area contributed by atoms with Crippen LogP contribution in [0.1, 0.15) is 54.0 Å². The van der Waals surface area contributed by atoms with Crippen molar-refractivity contribution >= 4 is 17.2 Å². The van der Waals surface area contributed by atoms with Gasteiger partial charge in [-0.15, -0.1) is 0 Å². The van der Waals surface area contributed by atoms with Gasteiger partial charge in [-0.25, -0.2) is 4.98 Å². The number of nitrogens with zero attached hydrogens (tertiary/aromatic N) is 3. The average Bonchev–Trinajstić information content (AvgIpc) is 3.57. The number of benzene rings is 1. The van der Waals surface area contributed by atoms with Gasteiger partial charge in [-0.05, 0) is 63.1 Å². The molecular weight excluding hydrogens is 500 g/mol. The molecule has 2 N–H and O–H groups in total. The minimum atomic E-state index is -1.42. The van der Waals surface area contributed by atoms with Crippen LogP contribution >= 0.6 is 0 Å². The van der Waals surface area contributed by atoms with Crippen LogP contribution in [0.15, 0.2) is 23.0 Å². The quantitative estimate of drug-likeness (QED) is 0.234. The summed E-state index contributed by atoms with van der Waals surface area (Å²) in [5.74, 6) is 1.32. The summed E-state index contributed by atoms with van der Waals surface area (Å²) in [6, 6.07) is 5.54. The van der Waals surface area contributed by atoms with E-state index in [-0.39, 0.29) is 30.1 Å². The SMILES string of the molecule is COCc1c(C(O)C=O)cc2n(c1=O)Cc1c-2nc2cc3c(cc2c1CNCCCN1CCCCC1)OCO3. The number of aromatic nitrogens is 2. The Hall–Kier alpha value is -3.31. The average molecular weight is 535 g/mol. The van der Waals surface area contributed by atoms with E-state index in [2.05, 4.69) is 10.2 Å². The Bertz CT molecular complexity index is 1460. The molecule has 2 aromatic heterocycles. The number of hydrogen-bond acceptors (Lipinski definition) is 9. The van der Waals surface area contributed by atoms with E-state index in [0.29, 0.717) is 42.3 Å². The molecule has 10 heteroatoms. The van der Waals surface area contributed by atoms with E-state index in [0.717, 1.165) is 41.5 Å². The van der Waals surface area contributed by atoms with Crippen molar-refractivity contribution in [3.05, 3.63) is 50.8 Å². The van der Waals surface area contributed by atoms with Crippen LogP contribution in [0.5, 0.6) is 11.5 Å². The van der Waals surface area contributed by atoms with Gasteiger partial charge in [0.1, 0.15) is 6.10 Å². The number of rotatable bonds is 10. The number of carbonyl (C=O) groups excluding carboxylic acids is 1.